The molecule has 2 aromatic heterocycles. The fourth-order valence-electron chi connectivity index (χ4n) is 3.38. The molecule has 0 fully saturated rings. The number of aliphatic hydroxyl groups excluding tert-OH is 1. The van der Waals surface area contributed by atoms with Gasteiger partial charge in [0.15, 0.2) is 0 Å². The van der Waals surface area contributed by atoms with Gasteiger partial charge in [-0.1, -0.05) is 0 Å². The van der Waals surface area contributed by atoms with Crippen molar-refractivity contribution in [1.29, 1.82) is 0 Å². The minimum absolute atomic E-state index is 0.0340. The summed E-state index contributed by atoms with van der Waals surface area (Å²) in [6, 6.07) is 1.52. The van der Waals surface area contributed by atoms with Crippen LogP contribution in [-0.2, 0) is 9.59 Å². The molecule has 2 heterocycles. The highest BCUT2D eigenvalue weighted by Gasteiger charge is 2.18. The Morgan fingerprint density at radius 1 is 0.732 bits per heavy atom. The molecule has 2 rings (SSSR count). The second-order valence-electron chi connectivity index (χ2n) is 9.04. The molecule has 0 saturated carbocycles. The Labute approximate surface area is 234 Å². The number of urea groups is 2. The molecular weight excluding hydrogens is 540 g/mol. The van der Waals surface area contributed by atoms with Crippen LogP contribution >= 0.6 is 0 Å². The van der Waals surface area contributed by atoms with Crippen LogP contribution in [0.25, 0.3) is 0 Å². The molecule has 9 N–H and O–H groups in total. The van der Waals surface area contributed by atoms with Crippen molar-refractivity contribution in [3.63, 3.8) is 0 Å². The van der Waals surface area contributed by atoms with Crippen LogP contribution in [0.2, 0.25) is 0 Å². The van der Waals surface area contributed by atoms with Gasteiger partial charge >= 0.3 is 12.1 Å². The van der Waals surface area contributed by atoms with E-state index >= 15 is 0 Å². The quantitative estimate of drug-likeness (QED) is 0.117. The molecule has 41 heavy (non-hydrogen) atoms. The highest BCUT2D eigenvalue weighted by atomic mass is 16.3. The lowest BCUT2D eigenvalue weighted by atomic mass is 10.2. The second kappa shape index (κ2) is 17.0. The second-order valence-corrected chi connectivity index (χ2v) is 9.04. The van der Waals surface area contributed by atoms with Gasteiger partial charge in [0.2, 0.25) is 23.7 Å². The first-order valence-corrected chi connectivity index (χ1v) is 13.0. The minimum atomic E-state index is -1.50. The molecule has 17 heteroatoms. The van der Waals surface area contributed by atoms with Gasteiger partial charge in [-0.25, -0.2) is 9.59 Å². The van der Waals surface area contributed by atoms with Gasteiger partial charge in [-0.3, -0.25) is 29.8 Å². The first-order valence-electron chi connectivity index (χ1n) is 13.0. The number of hydrogen-bond donors (Lipinski definition) is 9. The third kappa shape index (κ3) is 13.7. The zero-order chi connectivity index (χ0) is 30.2. The molecule has 0 spiro atoms. The molecule has 17 nitrogen and oxygen atoms in total. The van der Waals surface area contributed by atoms with Crippen molar-refractivity contribution in [1.82, 2.24) is 41.2 Å². The average molecular weight is 577 g/mol. The third-order valence-corrected chi connectivity index (χ3v) is 5.30. The van der Waals surface area contributed by atoms with Gasteiger partial charge in [-0.2, -0.15) is 9.97 Å². The first-order chi connectivity index (χ1) is 19.5. The van der Waals surface area contributed by atoms with Crippen LogP contribution in [0, 0.1) is 13.8 Å². The monoisotopic (exact) mass is 576 g/mol. The lowest BCUT2D eigenvalue weighted by Gasteiger charge is -2.12. The van der Waals surface area contributed by atoms with Crippen LogP contribution in [0.15, 0.2) is 21.7 Å². The number of amides is 6. The SMILES string of the molecule is Cc1cc(=O)nc(NC(=O)NCCCCNC(=O)CC(O)C(=O)NCCCCNC(=O)Nc2nc(=O)cc(C)[nH]2)[nH]1. The van der Waals surface area contributed by atoms with Gasteiger partial charge in [0.25, 0.3) is 11.1 Å². The molecule has 0 aliphatic rings. The highest BCUT2D eigenvalue weighted by molar-refractivity contribution is 5.88. The van der Waals surface area contributed by atoms with Crippen LogP contribution in [0.3, 0.4) is 0 Å². The topological polar surface area (TPSA) is 252 Å². The van der Waals surface area contributed by atoms with E-state index in [1.807, 2.05) is 0 Å². The maximum atomic E-state index is 12.0. The molecule has 2 aromatic rings. The van der Waals surface area contributed by atoms with Crippen molar-refractivity contribution in [2.45, 2.75) is 52.1 Å². The number of nitrogens with one attached hydrogen (secondary N) is 8. The largest absolute Gasteiger partial charge is 0.383 e. The molecule has 1 atom stereocenters. The van der Waals surface area contributed by atoms with E-state index in [0.29, 0.717) is 56.7 Å². The van der Waals surface area contributed by atoms with Gasteiger partial charge in [-0.05, 0) is 39.5 Å². The summed E-state index contributed by atoms with van der Waals surface area (Å²) in [5, 5.41) is 25.1. The van der Waals surface area contributed by atoms with E-state index in [-0.39, 0.29) is 18.4 Å². The molecule has 6 amide bonds. The minimum Gasteiger partial charge on any atom is -0.383 e. The number of aromatic amines is 2. The number of anilines is 2. The molecule has 0 aliphatic carbocycles. The maximum absolute atomic E-state index is 12.0. The Hall–Kier alpha value is -4.80. The average Bonchev–Trinajstić information content (AvgIpc) is 2.86. The number of aryl methyl sites for hydroxylation is 2. The van der Waals surface area contributed by atoms with Gasteiger partial charge in [-0.15, -0.1) is 0 Å². The summed E-state index contributed by atoms with van der Waals surface area (Å²) in [7, 11) is 0. The summed E-state index contributed by atoms with van der Waals surface area (Å²) in [5.74, 6) is -1.10. The normalized spacial score (nSPS) is 11.2. The summed E-state index contributed by atoms with van der Waals surface area (Å²) in [4.78, 5) is 83.1. The van der Waals surface area contributed by atoms with Crippen molar-refractivity contribution in [2.75, 3.05) is 36.8 Å². The van der Waals surface area contributed by atoms with Crippen molar-refractivity contribution in [3.8, 4) is 0 Å². The number of unbranched alkanes of at least 4 members (excludes halogenated alkanes) is 2. The Morgan fingerprint density at radius 2 is 1.15 bits per heavy atom. The zero-order valence-corrected chi connectivity index (χ0v) is 22.9. The number of rotatable bonds is 15. The number of carbonyl (C=O) groups is 4. The van der Waals surface area contributed by atoms with E-state index in [1.54, 1.807) is 13.8 Å². The molecule has 0 aromatic carbocycles. The van der Waals surface area contributed by atoms with Crippen molar-refractivity contribution in [3.05, 3.63) is 44.2 Å². The zero-order valence-electron chi connectivity index (χ0n) is 22.9. The molecule has 0 bridgehead atoms. The molecule has 224 valence electrons. The summed E-state index contributed by atoms with van der Waals surface area (Å²) in [6.45, 7) is 4.47. The van der Waals surface area contributed by atoms with E-state index in [4.69, 9.17) is 0 Å². The van der Waals surface area contributed by atoms with E-state index in [9.17, 15) is 33.9 Å². The van der Waals surface area contributed by atoms with Gasteiger partial charge in [0, 0.05) is 49.7 Å². The van der Waals surface area contributed by atoms with Crippen LogP contribution in [-0.4, -0.2) is 81.2 Å². The summed E-state index contributed by atoms with van der Waals surface area (Å²) in [6.07, 6.45) is 0.226. The highest BCUT2D eigenvalue weighted by Crippen LogP contribution is 1.98. The molecule has 0 saturated heterocycles. The Kier molecular flexibility index (Phi) is 13.4. The third-order valence-electron chi connectivity index (χ3n) is 5.30. The van der Waals surface area contributed by atoms with Gasteiger partial charge in [0.05, 0.1) is 6.42 Å². The van der Waals surface area contributed by atoms with Gasteiger partial charge < -0.3 is 36.3 Å². The fourth-order valence-corrected chi connectivity index (χ4v) is 3.38. The van der Waals surface area contributed by atoms with E-state index in [1.165, 1.54) is 12.1 Å². The number of aromatic nitrogens is 4. The molecule has 0 aliphatic heterocycles. The number of carbonyl (C=O) groups excluding carboxylic acids is 4. The summed E-state index contributed by atoms with van der Waals surface area (Å²) in [5.41, 5.74) is 0.168. The van der Waals surface area contributed by atoms with Crippen LogP contribution < -0.4 is 43.0 Å². The Balaban J connectivity index is 1.48. The standard InChI is InChI=1S/C24H36N10O7/c1-14-11-18(37)31-21(29-14)33-23(40)27-9-5-3-7-25-17(36)13-16(35)20(39)26-8-4-6-10-28-24(41)34-22-30-15(2)12-19(38)32-22/h11-12,16,35H,3-10,13H2,1-2H3,(H,25,36)(H,26,39)(H3,27,29,31,33,37,40)(H3,28,30,32,34,38,41). The maximum Gasteiger partial charge on any atom is 0.321 e. The predicted octanol–water partition coefficient (Wildman–Crippen LogP) is -1.04. The summed E-state index contributed by atoms with van der Waals surface area (Å²) >= 11 is 0. The van der Waals surface area contributed by atoms with E-state index in [0.717, 1.165) is 0 Å². The predicted molar refractivity (Wildman–Crippen MR) is 148 cm³/mol. The number of hydrogen-bond acceptors (Lipinski definition) is 9. The summed E-state index contributed by atoms with van der Waals surface area (Å²) < 4.78 is 0. The van der Waals surface area contributed by atoms with E-state index in [2.05, 4.69) is 51.8 Å². The molecular formula is C24H36N10O7. The fraction of sp³-hybridized carbons (Fsp3) is 0.500. The van der Waals surface area contributed by atoms with Gasteiger partial charge in [0.1, 0.15) is 6.10 Å². The Bertz CT molecular complexity index is 1310. The molecule has 1 unspecified atom stereocenters. The Morgan fingerprint density at radius 3 is 1.59 bits per heavy atom. The van der Waals surface area contributed by atoms with Crippen molar-refractivity contribution >= 4 is 35.8 Å². The van der Waals surface area contributed by atoms with E-state index < -0.39 is 47.5 Å². The number of aliphatic hydroxyl groups is 1. The number of nitrogens with zero attached hydrogens (tertiary/aromatic N) is 2. The van der Waals surface area contributed by atoms with Crippen molar-refractivity contribution < 1.29 is 24.3 Å². The lowest BCUT2D eigenvalue weighted by Crippen LogP contribution is -2.39. The lowest BCUT2D eigenvalue weighted by molar-refractivity contribution is -0.134. The van der Waals surface area contributed by atoms with Crippen LogP contribution in [0.5, 0.6) is 0 Å². The van der Waals surface area contributed by atoms with Crippen LogP contribution in [0.1, 0.15) is 43.5 Å². The van der Waals surface area contributed by atoms with Crippen molar-refractivity contribution in [2.24, 2.45) is 0 Å². The smallest absolute Gasteiger partial charge is 0.321 e. The van der Waals surface area contributed by atoms with Crippen LogP contribution in [0.4, 0.5) is 21.5 Å². The number of H-pyrrole nitrogens is 2. The molecule has 0 radical (unpaired) electrons. The first kappa shape index (κ1) is 32.4.